The maximum atomic E-state index is 14.4. The highest BCUT2D eigenvalue weighted by Gasteiger charge is 2.55. The normalized spacial score (nSPS) is 20.7. The van der Waals surface area contributed by atoms with Crippen LogP contribution in [-0.2, 0) is 28.8 Å². The summed E-state index contributed by atoms with van der Waals surface area (Å²) in [6, 6.07) is 1.53. The Kier molecular flexibility index (Phi) is 11.9. The van der Waals surface area contributed by atoms with Crippen molar-refractivity contribution in [3.05, 3.63) is 28.3 Å². The van der Waals surface area contributed by atoms with Gasteiger partial charge in [-0.25, -0.2) is 4.79 Å². The van der Waals surface area contributed by atoms with Crippen LogP contribution in [0.5, 0.6) is 5.75 Å². The van der Waals surface area contributed by atoms with Crippen LogP contribution in [0.15, 0.2) is 17.3 Å². The Balaban J connectivity index is 1.99. The van der Waals surface area contributed by atoms with Gasteiger partial charge < -0.3 is 24.5 Å². The third-order valence-corrected chi connectivity index (χ3v) is 8.82. The number of halogens is 1. The quantitative estimate of drug-likeness (QED) is 0.267. The van der Waals surface area contributed by atoms with Crippen LogP contribution >= 0.6 is 11.6 Å². The number of oxime groups is 1. The molecule has 2 heterocycles. The van der Waals surface area contributed by atoms with Gasteiger partial charge in [0.25, 0.3) is 0 Å². The first-order valence-electron chi connectivity index (χ1n) is 16.2. The number of benzene rings is 1. The Bertz CT molecular complexity index is 1430. The van der Waals surface area contributed by atoms with E-state index < -0.39 is 58.2 Å². The van der Waals surface area contributed by atoms with Crippen LogP contribution in [0.4, 0.5) is 4.79 Å². The largest absolute Gasteiger partial charge is 0.495 e. The molecule has 0 unspecified atom stereocenters. The number of alkyl carbamates (subject to hydrolysis) is 1. The number of rotatable bonds is 12. The number of hydrogen-bond acceptors (Lipinski definition) is 9. The van der Waals surface area contributed by atoms with Crippen LogP contribution in [0.25, 0.3) is 0 Å². The lowest BCUT2D eigenvalue weighted by molar-refractivity contribution is -0.143. The molecule has 0 bridgehead atoms. The van der Waals surface area contributed by atoms with Gasteiger partial charge in [0, 0.05) is 37.2 Å². The molecular weight excluding hydrogens is 626 g/mol. The predicted molar refractivity (Wildman–Crippen MR) is 179 cm³/mol. The maximum Gasteiger partial charge on any atom is 0.408 e. The van der Waals surface area contributed by atoms with Gasteiger partial charge in [0.2, 0.25) is 11.7 Å². The van der Waals surface area contributed by atoms with Gasteiger partial charge in [-0.3, -0.25) is 19.2 Å². The highest BCUT2D eigenvalue weighted by Crippen LogP contribution is 2.42. The molecule has 260 valence electrons. The van der Waals surface area contributed by atoms with Gasteiger partial charge in [-0.05, 0) is 57.2 Å². The molecule has 0 aliphatic carbocycles. The average Bonchev–Trinajstić information content (AvgIpc) is 3.57. The molecule has 2 amide bonds. The van der Waals surface area contributed by atoms with E-state index in [0.29, 0.717) is 29.3 Å². The number of carbonyl (C=O) groups is 5. The average molecular weight is 676 g/mol. The number of likely N-dealkylation sites (tertiary alicyclic amines) is 1. The molecule has 12 heteroatoms. The fraction of sp³-hybridized carbons (Fsp3) is 0.657. The number of nitrogens with zero attached hydrogens (tertiary/aromatic N) is 2. The SMILES string of the molecule is CCC[C@H](CC(=O)[C@@H]1C[C@]2(CC(c3cc(Cl)c(OC)cc3C)=NO2)CN1C(=O)[C@@H](NC(=O)OC(C)(C)C)C(C)(C)C)C(=O)C(=O)CC. The maximum absolute atomic E-state index is 14.4. The molecule has 2 aliphatic rings. The van der Waals surface area contributed by atoms with Gasteiger partial charge in [-0.15, -0.1) is 0 Å². The van der Waals surface area contributed by atoms with Gasteiger partial charge in [0.05, 0.1) is 30.4 Å². The summed E-state index contributed by atoms with van der Waals surface area (Å²) in [6.45, 7) is 16.0. The molecule has 0 saturated carbocycles. The summed E-state index contributed by atoms with van der Waals surface area (Å²) in [5, 5.41) is 7.54. The molecule has 1 aromatic carbocycles. The van der Waals surface area contributed by atoms with E-state index in [-0.39, 0.29) is 38.0 Å². The smallest absolute Gasteiger partial charge is 0.408 e. The second-order valence-corrected chi connectivity index (χ2v) is 15.1. The first kappa shape index (κ1) is 38.0. The Labute approximate surface area is 283 Å². The van der Waals surface area contributed by atoms with Crippen LogP contribution in [0.1, 0.15) is 105 Å². The van der Waals surface area contributed by atoms with Crippen LogP contribution < -0.4 is 10.1 Å². The fourth-order valence-corrected chi connectivity index (χ4v) is 6.39. The van der Waals surface area contributed by atoms with Crippen molar-refractivity contribution in [2.24, 2.45) is 16.5 Å². The molecule has 11 nitrogen and oxygen atoms in total. The first-order valence-corrected chi connectivity index (χ1v) is 16.6. The van der Waals surface area contributed by atoms with E-state index in [1.54, 1.807) is 39.8 Å². The van der Waals surface area contributed by atoms with Crippen LogP contribution in [-0.4, -0.2) is 76.9 Å². The topological polar surface area (TPSA) is 141 Å². The number of hydrogen-bond donors (Lipinski definition) is 1. The number of ether oxygens (including phenoxy) is 2. The Hall–Kier alpha value is -3.47. The lowest BCUT2D eigenvalue weighted by atomic mass is 9.84. The van der Waals surface area contributed by atoms with Crippen molar-refractivity contribution >= 4 is 46.7 Å². The van der Waals surface area contributed by atoms with Crippen LogP contribution in [0, 0.1) is 18.3 Å². The Morgan fingerprint density at radius 1 is 1.13 bits per heavy atom. The number of carbonyl (C=O) groups excluding carboxylic acids is 5. The van der Waals surface area contributed by atoms with E-state index in [1.807, 2.05) is 34.6 Å². The van der Waals surface area contributed by atoms with E-state index in [2.05, 4.69) is 10.5 Å². The van der Waals surface area contributed by atoms with E-state index in [1.165, 1.54) is 12.0 Å². The molecule has 1 N–H and O–H groups in total. The minimum atomic E-state index is -1.05. The monoisotopic (exact) mass is 675 g/mol. The summed E-state index contributed by atoms with van der Waals surface area (Å²) in [6.07, 6.45) is 0.479. The number of methoxy groups -OCH3 is 1. The summed E-state index contributed by atoms with van der Waals surface area (Å²) >= 11 is 6.44. The second-order valence-electron chi connectivity index (χ2n) is 14.7. The molecule has 0 aromatic heterocycles. The Morgan fingerprint density at radius 2 is 1.79 bits per heavy atom. The van der Waals surface area contributed by atoms with Crippen molar-refractivity contribution < 1.29 is 38.3 Å². The summed E-state index contributed by atoms with van der Waals surface area (Å²) in [5.41, 5.74) is -0.371. The molecule has 1 aromatic rings. The van der Waals surface area contributed by atoms with E-state index in [9.17, 15) is 24.0 Å². The van der Waals surface area contributed by atoms with E-state index >= 15 is 0 Å². The number of ketones is 3. The van der Waals surface area contributed by atoms with Gasteiger partial charge in [0.1, 0.15) is 17.4 Å². The summed E-state index contributed by atoms with van der Waals surface area (Å²) in [7, 11) is 1.53. The van der Waals surface area contributed by atoms with E-state index in [4.69, 9.17) is 25.9 Å². The molecule has 47 heavy (non-hydrogen) atoms. The summed E-state index contributed by atoms with van der Waals surface area (Å²) in [5.74, 6) is -2.19. The minimum absolute atomic E-state index is 0.0149. The van der Waals surface area contributed by atoms with Gasteiger partial charge in [0.15, 0.2) is 17.2 Å². The van der Waals surface area contributed by atoms with Crippen molar-refractivity contribution in [1.29, 1.82) is 0 Å². The molecule has 1 fully saturated rings. The molecule has 1 saturated heterocycles. The van der Waals surface area contributed by atoms with Crippen molar-refractivity contribution in [2.45, 2.75) is 124 Å². The highest BCUT2D eigenvalue weighted by atomic mass is 35.5. The zero-order chi connectivity index (χ0) is 35.5. The fourth-order valence-electron chi connectivity index (χ4n) is 6.14. The minimum Gasteiger partial charge on any atom is -0.495 e. The molecule has 2 aliphatic heterocycles. The van der Waals surface area contributed by atoms with E-state index in [0.717, 1.165) is 11.1 Å². The van der Waals surface area contributed by atoms with Gasteiger partial charge in [-0.1, -0.05) is 57.8 Å². The molecule has 4 atom stereocenters. The number of amides is 2. The second kappa shape index (κ2) is 14.7. The van der Waals surface area contributed by atoms with Crippen molar-refractivity contribution in [3.63, 3.8) is 0 Å². The van der Waals surface area contributed by atoms with Gasteiger partial charge >= 0.3 is 6.09 Å². The van der Waals surface area contributed by atoms with Crippen molar-refractivity contribution in [2.75, 3.05) is 13.7 Å². The molecule has 3 rings (SSSR count). The third kappa shape index (κ3) is 9.12. The zero-order valence-electron chi connectivity index (χ0n) is 29.4. The summed E-state index contributed by atoms with van der Waals surface area (Å²) < 4.78 is 10.8. The zero-order valence-corrected chi connectivity index (χ0v) is 30.1. The Morgan fingerprint density at radius 3 is 2.34 bits per heavy atom. The lowest BCUT2D eigenvalue weighted by Crippen LogP contribution is -2.57. The van der Waals surface area contributed by atoms with Crippen molar-refractivity contribution in [1.82, 2.24) is 10.2 Å². The highest BCUT2D eigenvalue weighted by molar-refractivity contribution is 6.38. The molecule has 0 radical (unpaired) electrons. The summed E-state index contributed by atoms with van der Waals surface area (Å²) in [4.78, 5) is 74.2. The predicted octanol–water partition coefficient (Wildman–Crippen LogP) is 5.98. The van der Waals surface area contributed by atoms with Crippen LogP contribution in [0.2, 0.25) is 5.02 Å². The number of aryl methyl sites for hydroxylation is 1. The van der Waals surface area contributed by atoms with Crippen molar-refractivity contribution in [3.8, 4) is 5.75 Å². The van der Waals surface area contributed by atoms with Gasteiger partial charge in [-0.2, -0.15) is 0 Å². The van der Waals surface area contributed by atoms with Crippen LogP contribution in [0.3, 0.4) is 0 Å². The number of Topliss-reactive ketones (excluding diaryl/α,β-unsaturated/α-hetero) is 3. The molecule has 1 spiro atoms. The number of nitrogens with one attached hydrogen (secondary N) is 1. The first-order chi connectivity index (χ1) is 21.8. The lowest BCUT2D eigenvalue weighted by Gasteiger charge is -2.36. The third-order valence-electron chi connectivity index (χ3n) is 8.53. The standard InChI is InChI=1S/C35H50ClN3O8/c1-11-13-21(29(42)26(40)12-2)15-27(41)25-18-35(17-24(38-47-35)22-16-23(36)28(45-10)14-20(22)3)19-39(25)31(43)30(33(4,5)6)37-32(44)46-34(7,8)9/h14,16,21,25,30H,11-13,15,17-19H2,1-10H3,(H,37,44)/t21-,25+,30-,35-/m1/s1. The molecular formula is C35H50ClN3O8.